The Bertz CT molecular complexity index is 938. The van der Waals surface area contributed by atoms with Gasteiger partial charge in [-0.2, -0.15) is 13.2 Å². The van der Waals surface area contributed by atoms with Crippen LogP contribution in [-0.4, -0.2) is 48.4 Å². The molecule has 2 aliphatic rings. The molecule has 0 aromatic heterocycles. The smallest absolute Gasteiger partial charge is 0.353 e. The summed E-state index contributed by atoms with van der Waals surface area (Å²) in [6.07, 6.45) is -1.07. The van der Waals surface area contributed by atoms with Crippen LogP contribution in [0.1, 0.15) is 37.3 Å². The van der Waals surface area contributed by atoms with Gasteiger partial charge in [0.1, 0.15) is 5.84 Å². The molecule has 2 aliphatic heterocycles. The van der Waals surface area contributed by atoms with E-state index in [1.807, 2.05) is 24.3 Å². The van der Waals surface area contributed by atoms with E-state index in [9.17, 15) is 13.2 Å². The molecule has 1 saturated heterocycles. The fourth-order valence-electron chi connectivity index (χ4n) is 4.14. The molecule has 0 radical (unpaired) electrons. The molecule has 2 heterocycles. The Hall–Kier alpha value is -2.54. The van der Waals surface area contributed by atoms with E-state index < -0.39 is 11.7 Å². The van der Waals surface area contributed by atoms with Crippen molar-refractivity contribution in [1.29, 1.82) is 0 Å². The molecule has 7 heteroatoms. The molecule has 2 aromatic rings. The van der Waals surface area contributed by atoms with Gasteiger partial charge in [0, 0.05) is 36.9 Å². The van der Waals surface area contributed by atoms with Crippen molar-refractivity contribution in [2.45, 2.75) is 38.4 Å². The number of rotatable bonds is 3. The number of anilines is 2. The highest BCUT2D eigenvalue weighted by atomic mass is 19.4. The van der Waals surface area contributed by atoms with E-state index in [0.29, 0.717) is 23.1 Å². The van der Waals surface area contributed by atoms with Crippen molar-refractivity contribution < 1.29 is 13.2 Å². The van der Waals surface area contributed by atoms with Crippen LogP contribution in [0.15, 0.2) is 47.5 Å². The third-order valence-corrected chi connectivity index (χ3v) is 5.96. The Morgan fingerprint density at radius 2 is 1.90 bits per heavy atom. The summed E-state index contributed by atoms with van der Waals surface area (Å²) in [5.41, 5.74) is 2.03. The minimum Gasteiger partial charge on any atom is -0.353 e. The topological polar surface area (TPSA) is 30.9 Å². The van der Waals surface area contributed by atoms with Gasteiger partial charge in [0.05, 0.1) is 16.9 Å². The van der Waals surface area contributed by atoms with Gasteiger partial charge in [0.25, 0.3) is 0 Å². The van der Waals surface area contributed by atoms with Crippen LogP contribution in [0.3, 0.4) is 0 Å². The van der Waals surface area contributed by atoms with Crippen LogP contribution in [0.2, 0.25) is 0 Å². The molecule has 4 nitrogen and oxygen atoms in total. The van der Waals surface area contributed by atoms with Crippen LogP contribution in [0, 0.1) is 0 Å². The monoisotopic (exact) mass is 416 g/mol. The lowest BCUT2D eigenvalue weighted by molar-refractivity contribution is -0.137. The van der Waals surface area contributed by atoms with Crippen molar-refractivity contribution in [1.82, 2.24) is 9.80 Å². The van der Waals surface area contributed by atoms with Crippen LogP contribution < -0.4 is 5.32 Å². The Labute approximate surface area is 175 Å². The lowest BCUT2D eigenvalue weighted by Gasteiger charge is -2.41. The van der Waals surface area contributed by atoms with Gasteiger partial charge in [-0.05, 0) is 43.8 Å². The highest BCUT2D eigenvalue weighted by Crippen LogP contribution is 2.38. The standard InChI is InChI=1S/C23H27F3N4/c1-3-4-7-17-15-30(13-12-29(17)2)22-18-14-16(23(24,25)26)10-11-19(18)27-20-8-5-6-9-21(20)28-22/h5-6,8-11,14,17,27H,3-4,7,12-13,15H2,1-2H3/t17-/m0/s1. The van der Waals surface area contributed by atoms with Gasteiger partial charge in [0.2, 0.25) is 0 Å². The molecule has 30 heavy (non-hydrogen) atoms. The molecule has 1 fully saturated rings. The fourth-order valence-corrected chi connectivity index (χ4v) is 4.14. The van der Waals surface area contributed by atoms with Crippen LogP contribution in [0.4, 0.5) is 30.2 Å². The Balaban J connectivity index is 1.78. The lowest BCUT2D eigenvalue weighted by atomic mass is 10.0. The summed E-state index contributed by atoms with van der Waals surface area (Å²) in [4.78, 5) is 9.37. The number of amidine groups is 1. The van der Waals surface area contributed by atoms with E-state index in [0.717, 1.165) is 56.3 Å². The second-order valence-corrected chi connectivity index (χ2v) is 8.06. The summed E-state index contributed by atoms with van der Waals surface area (Å²) in [7, 11) is 2.12. The SMILES string of the molecule is CCCC[C@H]1CN(C2=Nc3ccccc3Nc3ccc(C(F)(F)F)cc32)CCN1C. The number of hydrogen-bond donors (Lipinski definition) is 1. The van der Waals surface area contributed by atoms with Gasteiger partial charge in [-0.1, -0.05) is 31.9 Å². The van der Waals surface area contributed by atoms with Crippen LogP contribution in [-0.2, 0) is 6.18 Å². The van der Waals surface area contributed by atoms with Gasteiger partial charge >= 0.3 is 6.18 Å². The lowest BCUT2D eigenvalue weighted by Crippen LogP contribution is -2.53. The molecule has 0 bridgehead atoms. The van der Waals surface area contributed by atoms with Crippen LogP contribution >= 0.6 is 0 Å². The van der Waals surface area contributed by atoms with Crippen molar-refractivity contribution in [3.8, 4) is 0 Å². The van der Waals surface area contributed by atoms with Crippen LogP contribution in [0.5, 0.6) is 0 Å². The fraction of sp³-hybridized carbons (Fsp3) is 0.435. The predicted octanol–water partition coefficient (Wildman–Crippen LogP) is 5.65. The Kier molecular flexibility index (Phi) is 5.73. The molecule has 0 aliphatic carbocycles. The first-order valence-corrected chi connectivity index (χ1v) is 10.5. The first kappa shape index (κ1) is 20.7. The zero-order chi connectivity index (χ0) is 21.3. The zero-order valence-electron chi connectivity index (χ0n) is 17.3. The summed E-state index contributed by atoms with van der Waals surface area (Å²) >= 11 is 0. The molecule has 0 saturated carbocycles. The normalized spacial score (nSPS) is 19.4. The van der Waals surface area contributed by atoms with E-state index in [1.54, 1.807) is 0 Å². The van der Waals surface area contributed by atoms with E-state index in [4.69, 9.17) is 4.99 Å². The second kappa shape index (κ2) is 8.30. The number of fused-ring (bicyclic) bond motifs is 2. The molecule has 1 atom stereocenters. The molecule has 160 valence electrons. The largest absolute Gasteiger partial charge is 0.416 e. The highest BCUT2D eigenvalue weighted by Gasteiger charge is 2.34. The van der Waals surface area contributed by atoms with E-state index in [1.165, 1.54) is 12.1 Å². The number of aliphatic imine (C=N–C) groups is 1. The molecule has 1 N–H and O–H groups in total. The third-order valence-electron chi connectivity index (χ3n) is 5.96. The summed E-state index contributed by atoms with van der Waals surface area (Å²) in [5, 5.41) is 3.29. The molecule has 0 spiro atoms. The van der Waals surface area contributed by atoms with Crippen molar-refractivity contribution in [2.75, 3.05) is 32.0 Å². The van der Waals surface area contributed by atoms with Gasteiger partial charge in [-0.3, -0.25) is 4.90 Å². The Morgan fingerprint density at radius 1 is 1.10 bits per heavy atom. The maximum Gasteiger partial charge on any atom is 0.416 e. The molecule has 0 amide bonds. The van der Waals surface area contributed by atoms with E-state index in [-0.39, 0.29) is 0 Å². The predicted molar refractivity (Wildman–Crippen MR) is 115 cm³/mol. The molecule has 4 rings (SSSR count). The maximum absolute atomic E-state index is 13.5. The number of alkyl halides is 3. The summed E-state index contributed by atoms with van der Waals surface area (Å²) < 4.78 is 40.4. The van der Waals surface area contributed by atoms with Gasteiger partial charge in [-0.15, -0.1) is 0 Å². The van der Waals surface area contributed by atoms with Crippen molar-refractivity contribution in [3.63, 3.8) is 0 Å². The van der Waals surface area contributed by atoms with Crippen molar-refractivity contribution in [3.05, 3.63) is 53.6 Å². The first-order valence-electron chi connectivity index (χ1n) is 10.5. The second-order valence-electron chi connectivity index (χ2n) is 8.06. The van der Waals surface area contributed by atoms with E-state index >= 15 is 0 Å². The number of para-hydroxylation sites is 2. The van der Waals surface area contributed by atoms with Gasteiger partial charge < -0.3 is 10.2 Å². The number of nitrogens with zero attached hydrogens (tertiary/aromatic N) is 3. The zero-order valence-corrected chi connectivity index (χ0v) is 17.3. The molecular weight excluding hydrogens is 389 g/mol. The highest BCUT2D eigenvalue weighted by molar-refractivity contribution is 6.08. The number of benzene rings is 2. The Morgan fingerprint density at radius 3 is 2.67 bits per heavy atom. The maximum atomic E-state index is 13.5. The van der Waals surface area contributed by atoms with Gasteiger partial charge in [-0.25, -0.2) is 4.99 Å². The van der Waals surface area contributed by atoms with Crippen molar-refractivity contribution in [2.24, 2.45) is 4.99 Å². The number of hydrogen-bond acceptors (Lipinski definition) is 4. The number of halogens is 3. The number of unbranched alkanes of at least 4 members (excludes halogenated alkanes) is 1. The van der Waals surface area contributed by atoms with E-state index in [2.05, 4.69) is 29.1 Å². The average molecular weight is 416 g/mol. The third kappa shape index (κ3) is 4.17. The summed E-state index contributed by atoms with van der Waals surface area (Å²) in [6, 6.07) is 11.8. The number of nitrogens with one attached hydrogen (secondary N) is 1. The first-order chi connectivity index (χ1) is 14.4. The summed E-state index contributed by atoms with van der Waals surface area (Å²) in [5.74, 6) is 0.614. The number of likely N-dealkylation sites (N-methyl/N-ethyl adjacent to an activating group) is 1. The molecule has 2 aromatic carbocycles. The minimum absolute atomic E-state index is 0.363. The number of piperazine rings is 1. The minimum atomic E-state index is -4.40. The summed E-state index contributed by atoms with van der Waals surface area (Å²) in [6.45, 7) is 4.52. The molecule has 0 unspecified atom stereocenters. The van der Waals surface area contributed by atoms with Crippen molar-refractivity contribution >= 4 is 22.9 Å². The van der Waals surface area contributed by atoms with Gasteiger partial charge in [0.15, 0.2) is 0 Å². The van der Waals surface area contributed by atoms with Crippen LogP contribution in [0.25, 0.3) is 0 Å². The molecular formula is C23H27F3N4. The quantitative estimate of drug-likeness (QED) is 0.702. The average Bonchev–Trinajstić information content (AvgIpc) is 2.88.